The number of aryl methyl sites for hydroxylation is 1. The molecule has 0 aliphatic heterocycles. The molecule has 0 saturated carbocycles. The zero-order valence-electron chi connectivity index (χ0n) is 18.3. The summed E-state index contributed by atoms with van der Waals surface area (Å²) in [5.41, 5.74) is 7.98. The van der Waals surface area contributed by atoms with Crippen molar-refractivity contribution in [3.63, 3.8) is 0 Å². The SMILES string of the molecule is COc1ccc(-c2cnc(-n3nc(C)c(C(c4ccc(Br)cc4)C(C#N)C(N)=O)c3O)s2)cc1. The highest BCUT2D eigenvalue weighted by molar-refractivity contribution is 9.10. The number of carbonyl (C=O) groups is 1. The van der Waals surface area contributed by atoms with Crippen LogP contribution in [0.15, 0.2) is 59.2 Å². The number of nitrogens with zero attached hydrogens (tertiary/aromatic N) is 4. The molecule has 10 heteroatoms. The first-order chi connectivity index (χ1) is 16.3. The number of thiazole rings is 1. The van der Waals surface area contributed by atoms with E-state index >= 15 is 0 Å². The summed E-state index contributed by atoms with van der Waals surface area (Å²) in [4.78, 5) is 17.5. The lowest BCUT2D eigenvalue weighted by Crippen LogP contribution is -2.28. The van der Waals surface area contributed by atoms with E-state index in [1.54, 1.807) is 44.5 Å². The van der Waals surface area contributed by atoms with Crippen molar-refractivity contribution >= 4 is 33.2 Å². The lowest BCUT2D eigenvalue weighted by molar-refractivity contribution is -0.120. The van der Waals surface area contributed by atoms with Gasteiger partial charge in [0.25, 0.3) is 0 Å². The fraction of sp³-hybridized carbons (Fsp3) is 0.167. The van der Waals surface area contributed by atoms with E-state index in [0.717, 1.165) is 20.7 Å². The number of ether oxygens (including phenoxy) is 1. The van der Waals surface area contributed by atoms with Gasteiger partial charge in [-0.15, -0.1) is 0 Å². The highest BCUT2D eigenvalue weighted by atomic mass is 79.9. The Labute approximate surface area is 208 Å². The first-order valence-electron chi connectivity index (χ1n) is 10.2. The van der Waals surface area contributed by atoms with Crippen LogP contribution >= 0.6 is 27.3 Å². The van der Waals surface area contributed by atoms with Crippen LogP contribution in [-0.2, 0) is 4.79 Å². The van der Waals surface area contributed by atoms with Gasteiger partial charge in [0.15, 0.2) is 0 Å². The Bertz CT molecular complexity index is 1370. The molecule has 0 radical (unpaired) electrons. The van der Waals surface area contributed by atoms with Crippen LogP contribution in [-0.4, -0.2) is 32.9 Å². The van der Waals surface area contributed by atoms with Crippen molar-refractivity contribution in [3.05, 3.63) is 76.0 Å². The molecule has 2 unspecified atom stereocenters. The number of aromatic nitrogens is 3. The molecule has 8 nitrogen and oxygen atoms in total. The predicted octanol–water partition coefficient (Wildman–Crippen LogP) is 4.54. The first-order valence-corrected chi connectivity index (χ1v) is 11.8. The maximum Gasteiger partial charge on any atom is 0.235 e. The van der Waals surface area contributed by atoms with Gasteiger partial charge in [-0.2, -0.15) is 15.0 Å². The molecule has 1 amide bonds. The molecule has 3 N–H and O–H groups in total. The van der Waals surface area contributed by atoms with Crippen LogP contribution < -0.4 is 10.5 Å². The number of nitrogens with two attached hydrogens (primary N) is 1. The fourth-order valence-electron chi connectivity index (χ4n) is 3.77. The number of hydrogen-bond acceptors (Lipinski definition) is 7. The highest BCUT2D eigenvalue weighted by Crippen LogP contribution is 2.41. The molecule has 2 heterocycles. The second kappa shape index (κ2) is 9.67. The third-order valence-corrected chi connectivity index (χ3v) is 7.00. The number of nitriles is 1. The van der Waals surface area contributed by atoms with Crippen molar-refractivity contribution in [3.8, 4) is 33.3 Å². The molecule has 2 atom stereocenters. The van der Waals surface area contributed by atoms with Crippen LogP contribution in [0.2, 0.25) is 0 Å². The number of primary amides is 1. The molecule has 4 rings (SSSR count). The monoisotopic (exact) mass is 537 g/mol. The lowest BCUT2D eigenvalue weighted by atomic mass is 9.81. The van der Waals surface area contributed by atoms with Gasteiger partial charge in [-0.25, -0.2) is 4.98 Å². The topological polar surface area (TPSA) is 127 Å². The summed E-state index contributed by atoms with van der Waals surface area (Å²) < 4.78 is 7.37. The number of aromatic hydroxyl groups is 1. The number of benzene rings is 2. The third-order valence-electron chi connectivity index (χ3n) is 5.45. The Hall–Kier alpha value is -3.68. The summed E-state index contributed by atoms with van der Waals surface area (Å²) in [6.07, 6.45) is 1.70. The van der Waals surface area contributed by atoms with Crippen LogP contribution in [0.1, 0.15) is 22.7 Å². The average molecular weight is 538 g/mol. The smallest absolute Gasteiger partial charge is 0.235 e. The molecule has 0 saturated heterocycles. The van der Waals surface area contributed by atoms with Crippen molar-refractivity contribution in [2.24, 2.45) is 11.7 Å². The van der Waals surface area contributed by atoms with Crippen molar-refractivity contribution < 1.29 is 14.6 Å². The zero-order valence-corrected chi connectivity index (χ0v) is 20.7. The Morgan fingerprint density at radius 2 is 1.91 bits per heavy atom. The lowest BCUT2D eigenvalue weighted by Gasteiger charge is -2.20. The molecule has 172 valence electrons. The normalized spacial score (nSPS) is 12.6. The van der Waals surface area contributed by atoms with Gasteiger partial charge in [-0.05, 0) is 54.4 Å². The van der Waals surface area contributed by atoms with E-state index in [2.05, 4.69) is 26.0 Å². The van der Waals surface area contributed by atoms with Crippen LogP contribution in [0.5, 0.6) is 11.6 Å². The molecule has 2 aromatic heterocycles. The largest absolute Gasteiger partial charge is 0.497 e. The number of carbonyl (C=O) groups excluding carboxylic acids is 1. The minimum atomic E-state index is -1.20. The van der Waals surface area contributed by atoms with Crippen LogP contribution in [0.3, 0.4) is 0 Å². The Morgan fingerprint density at radius 1 is 1.24 bits per heavy atom. The highest BCUT2D eigenvalue weighted by Gasteiger charge is 2.35. The Morgan fingerprint density at radius 3 is 2.50 bits per heavy atom. The number of amides is 1. The van der Waals surface area contributed by atoms with Gasteiger partial charge < -0.3 is 15.6 Å². The van der Waals surface area contributed by atoms with Gasteiger partial charge in [0, 0.05) is 22.2 Å². The van der Waals surface area contributed by atoms with Crippen LogP contribution in [0.4, 0.5) is 0 Å². The van der Waals surface area contributed by atoms with Crippen molar-refractivity contribution in [2.45, 2.75) is 12.8 Å². The van der Waals surface area contributed by atoms with Gasteiger partial charge in [-0.3, -0.25) is 4.79 Å². The summed E-state index contributed by atoms with van der Waals surface area (Å²) in [7, 11) is 1.61. The molecule has 2 aromatic carbocycles. The maximum atomic E-state index is 12.2. The number of halogens is 1. The quantitative estimate of drug-likeness (QED) is 0.356. The average Bonchev–Trinajstić information content (AvgIpc) is 3.43. The van der Waals surface area contributed by atoms with E-state index in [1.165, 1.54) is 16.0 Å². The molecule has 0 fully saturated rings. The maximum absolute atomic E-state index is 12.2. The van der Waals surface area contributed by atoms with E-state index in [-0.39, 0.29) is 5.88 Å². The van der Waals surface area contributed by atoms with E-state index in [1.807, 2.05) is 30.3 Å². The minimum Gasteiger partial charge on any atom is -0.497 e. The number of methoxy groups -OCH3 is 1. The predicted molar refractivity (Wildman–Crippen MR) is 132 cm³/mol. The first kappa shape index (κ1) is 23.5. The van der Waals surface area contributed by atoms with Crippen LogP contribution in [0.25, 0.3) is 15.6 Å². The van der Waals surface area contributed by atoms with Gasteiger partial charge >= 0.3 is 0 Å². The van der Waals surface area contributed by atoms with Gasteiger partial charge in [0.2, 0.25) is 16.9 Å². The number of rotatable bonds is 7. The minimum absolute atomic E-state index is 0.192. The zero-order chi connectivity index (χ0) is 24.4. The number of hydrogen-bond donors (Lipinski definition) is 2. The van der Waals surface area contributed by atoms with Crippen molar-refractivity contribution in [1.29, 1.82) is 5.26 Å². The third kappa shape index (κ3) is 4.40. The van der Waals surface area contributed by atoms with Crippen molar-refractivity contribution in [2.75, 3.05) is 7.11 Å². The van der Waals surface area contributed by atoms with E-state index in [4.69, 9.17) is 10.5 Å². The van der Waals surface area contributed by atoms with Crippen molar-refractivity contribution in [1.82, 2.24) is 14.8 Å². The summed E-state index contributed by atoms with van der Waals surface area (Å²) in [6, 6.07) is 16.7. The Balaban J connectivity index is 1.79. The molecule has 4 aromatic rings. The molecule has 34 heavy (non-hydrogen) atoms. The van der Waals surface area contributed by atoms with Crippen LogP contribution in [0, 0.1) is 24.2 Å². The molecular formula is C24H20BrN5O3S. The van der Waals surface area contributed by atoms with Gasteiger partial charge in [0.1, 0.15) is 11.7 Å². The van der Waals surface area contributed by atoms with E-state index in [0.29, 0.717) is 22.0 Å². The van der Waals surface area contributed by atoms with E-state index in [9.17, 15) is 15.2 Å². The molecular weight excluding hydrogens is 518 g/mol. The summed E-state index contributed by atoms with van der Waals surface area (Å²) in [6.45, 7) is 1.71. The summed E-state index contributed by atoms with van der Waals surface area (Å²) >= 11 is 4.74. The fourth-order valence-corrected chi connectivity index (χ4v) is 4.91. The van der Waals surface area contributed by atoms with E-state index < -0.39 is 17.7 Å². The standard InChI is InChI=1S/C24H20BrN5O3S/c1-13-20(21(18(11-26)22(27)31)15-3-7-16(25)8-4-15)23(32)30(29-13)24-28-12-19(34-24)14-5-9-17(33-2)10-6-14/h3-10,12,18,21,32H,1-2H3,(H2,27,31). The summed E-state index contributed by atoms with van der Waals surface area (Å²) in [5, 5.41) is 25.9. The molecule has 0 spiro atoms. The Kier molecular flexibility index (Phi) is 6.68. The van der Waals surface area contributed by atoms with Gasteiger partial charge in [0.05, 0.1) is 23.8 Å². The molecule has 0 bridgehead atoms. The second-order valence-corrected chi connectivity index (χ2v) is 9.43. The molecule has 0 aliphatic rings. The second-order valence-electron chi connectivity index (χ2n) is 7.51. The summed E-state index contributed by atoms with van der Waals surface area (Å²) in [5.74, 6) is -2.22. The van der Waals surface area contributed by atoms with Gasteiger partial charge in [-0.1, -0.05) is 39.4 Å². The molecule has 0 aliphatic carbocycles.